The lowest BCUT2D eigenvalue weighted by Gasteiger charge is -2.15. The van der Waals surface area contributed by atoms with Gasteiger partial charge in [-0.15, -0.1) is 0 Å². The SMILES string of the molecule is CC(C)S(=O)(=O)n1c(-c2cc(Cl)ccc2Cl)cc2ccccc21. The maximum atomic E-state index is 12.9. The van der Waals surface area contributed by atoms with E-state index in [4.69, 9.17) is 23.2 Å². The topological polar surface area (TPSA) is 39.1 Å². The Balaban J connectivity index is 2.44. The predicted octanol–water partition coefficient (Wildman–Crippen LogP) is 5.20. The minimum absolute atomic E-state index is 0.456. The number of fused-ring (bicyclic) bond motifs is 1. The summed E-state index contributed by atoms with van der Waals surface area (Å²) in [5.74, 6) is 0. The average molecular weight is 368 g/mol. The second-order valence-corrected chi connectivity index (χ2v) is 8.75. The number of halogens is 2. The van der Waals surface area contributed by atoms with E-state index in [-0.39, 0.29) is 0 Å². The summed E-state index contributed by atoms with van der Waals surface area (Å²) in [4.78, 5) is 0. The second kappa shape index (κ2) is 5.86. The van der Waals surface area contributed by atoms with Crippen LogP contribution in [0.3, 0.4) is 0 Å². The fraction of sp³-hybridized carbons (Fsp3) is 0.176. The van der Waals surface area contributed by atoms with E-state index in [1.807, 2.05) is 24.3 Å². The van der Waals surface area contributed by atoms with Crippen LogP contribution in [0.15, 0.2) is 48.5 Å². The van der Waals surface area contributed by atoms with E-state index in [1.165, 1.54) is 3.97 Å². The molecule has 1 aromatic heterocycles. The number of rotatable bonds is 3. The minimum atomic E-state index is -3.55. The molecule has 0 fully saturated rings. The molecular formula is C17H15Cl2NO2S. The van der Waals surface area contributed by atoms with Gasteiger partial charge in [-0.05, 0) is 44.2 Å². The lowest BCUT2D eigenvalue weighted by molar-refractivity contribution is 0.580. The highest BCUT2D eigenvalue weighted by Gasteiger charge is 2.25. The molecule has 0 spiro atoms. The van der Waals surface area contributed by atoms with Gasteiger partial charge in [-0.3, -0.25) is 0 Å². The molecule has 0 bridgehead atoms. The predicted molar refractivity (Wildman–Crippen MR) is 96.8 cm³/mol. The van der Waals surface area contributed by atoms with Gasteiger partial charge in [0.2, 0.25) is 10.0 Å². The van der Waals surface area contributed by atoms with Crippen molar-refractivity contribution >= 4 is 44.1 Å². The number of nitrogens with zero attached hydrogens (tertiary/aromatic N) is 1. The first-order chi connectivity index (χ1) is 10.8. The minimum Gasteiger partial charge on any atom is -0.237 e. The van der Waals surface area contributed by atoms with Crippen LogP contribution in [-0.2, 0) is 10.0 Å². The molecule has 0 aliphatic heterocycles. The first kappa shape index (κ1) is 16.4. The van der Waals surface area contributed by atoms with Crippen LogP contribution in [0, 0.1) is 0 Å². The molecule has 0 saturated carbocycles. The monoisotopic (exact) mass is 367 g/mol. The first-order valence-corrected chi connectivity index (χ1v) is 9.38. The van der Waals surface area contributed by atoms with E-state index < -0.39 is 15.3 Å². The van der Waals surface area contributed by atoms with Crippen molar-refractivity contribution in [3.63, 3.8) is 0 Å². The Labute approximate surface area is 145 Å². The maximum Gasteiger partial charge on any atom is 0.241 e. The quantitative estimate of drug-likeness (QED) is 0.637. The van der Waals surface area contributed by atoms with Crippen molar-refractivity contribution in [2.24, 2.45) is 0 Å². The molecule has 0 aliphatic carbocycles. The van der Waals surface area contributed by atoms with Crippen LogP contribution in [0.2, 0.25) is 10.0 Å². The average Bonchev–Trinajstić information content (AvgIpc) is 2.89. The molecule has 0 atom stereocenters. The van der Waals surface area contributed by atoms with Crippen molar-refractivity contribution in [2.75, 3.05) is 0 Å². The molecule has 0 radical (unpaired) electrons. The highest BCUT2D eigenvalue weighted by molar-refractivity contribution is 7.90. The Morgan fingerprint density at radius 3 is 2.39 bits per heavy atom. The smallest absolute Gasteiger partial charge is 0.237 e. The summed E-state index contributed by atoms with van der Waals surface area (Å²) in [6.07, 6.45) is 0. The molecule has 3 rings (SSSR count). The Morgan fingerprint density at radius 1 is 1.00 bits per heavy atom. The van der Waals surface area contributed by atoms with Crippen molar-refractivity contribution in [1.82, 2.24) is 3.97 Å². The van der Waals surface area contributed by atoms with E-state index in [2.05, 4.69) is 0 Å². The molecule has 120 valence electrons. The van der Waals surface area contributed by atoms with Crippen LogP contribution in [0.5, 0.6) is 0 Å². The molecule has 6 heteroatoms. The van der Waals surface area contributed by atoms with Crippen molar-refractivity contribution in [3.8, 4) is 11.3 Å². The van der Waals surface area contributed by atoms with Gasteiger partial charge in [0.25, 0.3) is 0 Å². The standard InChI is InChI=1S/C17H15Cl2NO2S/c1-11(2)23(21,22)20-16-6-4-3-5-12(16)9-17(20)14-10-13(18)7-8-15(14)19/h3-11H,1-2H3. The third-order valence-electron chi connectivity index (χ3n) is 3.72. The molecule has 0 amide bonds. The highest BCUT2D eigenvalue weighted by atomic mass is 35.5. The molecule has 3 aromatic rings. The van der Waals surface area contributed by atoms with Gasteiger partial charge in [0, 0.05) is 16.0 Å². The zero-order valence-corrected chi connectivity index (χ0v) is 15.0. The van der Waals surface area contributed by atoms with Gasteiger partial charge in [-0.2, -0.15) is 0 Å². The largest absolute Gasteiger partial charge is 0.241 e. The summed E-state index contributed by atoms with van der Waals surface area (Å²) in [5.41, 5.74) is 1.75. The molecule has 0 N–H and O–H groups in total. The van der Waals surface area contributed by atoms with Crippen LogP contribution < -0.4 is 0 Å². The molecule has 0 unspecified atom stereocenters. The number of benzene rings is 2. The van der Waals surface area contributed by atoms with Gasteiger partial charge in [0.05, 0.1) is 21.5 Å². The van der Waals surface area contributed by atoms with Crippen molar-refractivity contribution in [1.29, 1.82) is 0 Å². The van der Waals surface area contributed by atoms with E-state index in [0.29, 0.717) is 26.8 Å². The number of hydrogen-bond acceptors (Lipinski definition) is 2. The second-order valence-electron chi connectivity index (χ2n) is 5.57. The fourth-order valence-electron chi connectivity index (χ4n) is 2.50. The summed E-state index contributed by atoms with van der Waals surface area (Å²) in [6.45, 7) is 3.32. The van der Waals surface area contributed by atoms with Crippen LogP contribution in [0.4, 0.5) is 0 Å². The zero-order valence-electron chi connectivity index (χ0n) is 12.6. The molecule has 3 nitrogen and oxygen atoms in total. The third-order valence-corrected chi connectivity index (χ3v) is 6.38. The Kier molecular flexibility index (Phi) is 4.17. The zero-order chi connectivity index (χ0) is 16.8. The molecule has 0 saturated heterocycles. The molecule has 0 aliphatic rings. The van der Waals surface area contributed by atoms with E-state index in [1.54, 1.807) is 38.1 Å². The van der Waals surface area contributed by atoms with Crippen LogP contribution in [0.1, 0.15) is 13.8 Å². The van der Waals surface area contributed by atoms with Gasteiger partial charge in [0.15, 0.2) is 0 Å². The van der Waals surface area contributed by atoms with Gasteiger partial charge in [-0.25, -0.2) is 12.4 Å². The van der Waals surface area contributed by atoms with Crippen molar-refractivity contribution in [3.05, 3.63) is 58.6 Å². The molecular weight excluding hydrogens is 353 g/mol. The number of para-hydroxylation sites is 1. The van der Waals surface area contributed by atoms with Gasteiger partial charge >= 0.3 is 0 Å². The molecule has 23 heavy (non-hydrogen) atoms. The van der Waals surface area contributed by atoms with Gasteiger partial charge in [-0.1, -0.05) is 41.4 Å². The first-order valence-electron chi connectivity index (χ1n) is 7.12. The van der Waals surface area contributed by atoms with Crippen LogP contribution in [-0.4, -0.2) is 17.6 Å². The lowest BCUT2D eigenvalue weighted by atomic mass is 10.1. The van der Waals surface area contributed by atoms with E-state index in [9.17, 15) is 8.42 Å². The summed E-state index contributed by atoms with van der Waals surface area (Å²) in [7, 11) is -3.55. The molecule has 1 heterocycles. The Bertz CT molecular complexity index is 991. The van der Waals surface area contributed by atoms with Gasteiger partial charge in [0.1, 0.15) is 0 Å². The summed E-state index contributed by atoms with van der Waals surface area (Å²) >= 11 is 12.4. The van der Waals surface area contributed by atoms with Crippen molar-refractivity contribution in [2.45, 2.75) is 19.1 Å². The highest BCUT2D eigenvalue weighted by Crippen LogP contribution is 2.36. The van der Waals surface area contributed by atoms with Crippen molar-refractivity contribution < 1.29 is 8.42 Å². The number of aromatic nitrogens is 1. The Morgan fingerprint density at radius 2 is 1.70 bits per heavy atom. The van der Waals surface area contributed by atoms with Gasteiger partial charge < -0.3 is 0 Å². The third kappa shape index (κ3) is 2.75. The van der Waals surface area contributed by atoms with E-state index >= 15 is 0 Å². The summed E-state index contributed by atoms with van der Waals surface area (Å²) < 4.78 is 27.1. The summed E-state index contributed by atoms with van der Waals surface area (Å²) in [6, 6.07) is 14.2. The normalized spacial score (nSPS) is 12.2. The number of hydrogen-bond donors (Lipinski definition) is 0. The van der Waals surface area contributed by atoms with E-state index in [0.717, 1.165) is 5.39 Å². The lowest BCUT2D eigenvalue weighted by Crippen LogP contribution is -2.23. The molecule has 2 aromatic carbocycles. The van der Waals surface area contributed by atoms with Crippen LogP contribution >= 0.6 is 23.2 Å². The maximum absolute atomic E-state index is 12.9. The fourth-order valence-corrected chi connectivity index (χ4v) is 4.17. The Hall–Kier alpha value is -1.49. The summed E-state index contributed by atoms with van der Waals surface area (Å²) in [5, 5.41) is 1.23. The van der Waals surface area contributed by atoms with Crippen LogP contribution in [0.25, 0.3) is 22.2 Å².